The van der Waals surface area contributed by atoms with Crippen LogP contribution in [0.5, 0.6) is 0 Å². The van der Waals surface area contributed by atoms with Crippen molar-refractivity contribution in [1.82, 2.24) is 21.3 Å². The summed E-state index contributed by atoms with van der Waals surface area (Å²) in [5.41, 5.74) is 0. The van der Waals surface area contributed by atoms with Gasteiger partial charge in [-0.05, 0) is 6.92 Å². The number of hydrogen-bond donors (Lipinski definition) is 33. The molecule has 0 spiro atoms. The van der Waals surface area contributed by atoms with E-state index in [1.807, 2.05) is 0 Å². The lowest BCUT2D eigenvalue weighted by Crippen LogP contribution is -2.71. The van der Waals surface area contributed by atoms with E-state index in [9.17, 15) is 167 Å². The molecule has 11 saturated heterocycles. The smallest absolute Gasteiger partial charge is 0.217 e. The van der Waals surface area contributed by atoms with Crippen molar-refractivity contribution < 1.29 is 267 Å². The molecule has 11 aliphatic rings. The fraction of sp³-hybridized carbons (Fsp3) is 0.945. The Labute approximate surface area is 741 Å². The molecule has 0 aromatic heterocycles. The standard InChI is InChI=1S/C73H122N4O54/c1-16-35(91)43(99)49(105)68(112-16)129-60-32(75-18(3)88)63(110)113-29(14-86)57(60)126-64-31(74-17(2)87)42(98)54(26(11-83)119-64)125-73-62(131-69-48(104)38(94)23(8-80)118-69)61(130-72-53(109)47(103)56(28(13-85)121-72)124-66-34(77-20(5)90)59(40(96)25(10-82)115-66)128-71-51(107)45(101)37(93)22(7-79)117-71)41(97)30(122-73)15-111-67-52(108)46(102)55(27(12-84)120-67)123-65-33(76-19(4)89)58(39(95)24(9-81)114-65)127-70-50(106)44(100)36(92)21(6-78)116-70/h16,21-73,78-86,91-110H,6-15H2,1-5H3,(H,74,87)(H,75,88)(H,76,89)(H,77,90)/t16-,21+,22+,23+,24+,25+,26+,27+,28+,29+,30+,31+,32+,33-,34+,35+,36-,37-,38-,39+,40+,41+,42+,43+,44-,45+,46+,47+,48+,49-,50+,51+,52-,53-,54+,55+,56+,57+,58+,59+,60+,61-,62-,63?,64-,65-,66-,67-,68-,69-,70-,71-,72+,73-/m0/s1. The molecule has 0 saturated carbocycles. The first kappa shape index (κ1) is 107. The highest BCUT2D eigenvalue weighted by Gasteiger charge is 2.63. The van der Waals surface area contributed by atoms with Crippen LogP contribution in [0.1, 0.15) is 34.6 Å². The molecule has 58 nitrogen and oxygen atoms in total. The van der Waals surface area contributed by atoms with Crippen molar-refractivity contribution in [1.29, 1.82) is 0 Å². The van der Waals surface area contributed by atoms with E-state index in [1.54, 1.807) is 0 Å². The van der Waals surface area contributed by atoms with Gasteiger partial charge in [0.25, 0.3) is 0 Å². The first-order chi connectivity index (χ1) is 62.0. The van der Waals surface area contributed by atoms with E-state index in [0.717, 1.165) is 27.7 Å². The molecule has 0 aromatic carbocycles. The van der Waals surface area contributed by atoms with Crippen molar-refractivity contribution in [3.05, 3.63) is 0 Å². The Morgan fingerprint density at radius 1 is 0.214 bits per heavy atom. The van der Waals surface area contributed by atoms with E-state index >= 15 is 0 Å². The SMILES string of the molecule is CC(=O)N[C@@H]1[C@H](O[C@H]2[C@H](O)[C@H](O)[C@@H](OC[C@H]3O[C@@H](O[C@H]4[C@H](O)[C@@H](NC(C)=O)[C@H](O[C@H]5[C@H](O[C@@H]6O[C@@H](C)[C@@H](O)[C@@H](O)[C@@H]6O)[C@@H](NC(C)=O)C(O)O[C@@H]5CO)O[C@@H]4CO)[C@@H](O[C@@H]4O[C@H](CO)[C@H](O)[C@H]4O)[C@@H](O[C@H]4O[C@H](CO)[C@@H](O[C@@H]5O[C@H](CO)[C@@H](O)[C@H](O[C@@H]6O[C@H](CO)[C@H](O)[C@@H](O)[C@H]6O)[C@H]5NC(C)=O)[C@H](O)[C@@H]4O)[C@@H]3O)O[C@@H]2CO)O[C@H](CO)[C@@H](O)[C@@H]1O[C@@H]1O[C@H](CO)[C@H](O)[C@H](O)[C@H]1O. The van der Waals surface area contributed by atoms with Gasteiger partial charge in [0, 0.05) is 27.7 Å². The average Bonchev–Trinajstić information content (AvgIpc) is 1.41. The molecule has 11 fully saturated rings. The fourth-order valence-electron chi connectivity index (χ4n) is 17.2. The monoisotopic (exact) mass is 1920 g/mol. The second kappa shape index (κ2) is 46.8. The third-order valence-corrected chi connectivity index (χ3v) is 24.2. The Morgan fingerprint density at radius 3 is 0.901 bits per heavy atom. The zero-order chi connectivity index (χ0) is 96.2. The van der Waals surface area contributed by atoms with Gasteiger partial charge in [-0.1, -0.05) is 0 Å². The van der Waals surface area contributed by atoms with Crippen molar-refractivity contribution in [3.63, 3.8) is 0 Å². The number of amides is 4. The van der Waals surface area contributed by atoms with Crippen LogP contribution in [0.3, 0.4) is 0 Å². The van der Waals surface area contributed by atoms with Crippen LogP contribution in [0.15, 0.2) is 0 Å². The molecule has 58 heteroatoms. The van der Waals surface area contributed by atoms with Crippen LogP contribution in [0, 0.1) is 0 Å². The molecule has 0 radical (unpaired) electrons. The maximum absolute atomic E-state index is 13.5. The quantitative estimate of drug-likeness (QED) is 0.0284. The van der Waals surface area contributed by atoms with Gasteiger partial charge in [-0.3, -0.25) is 19.2 Å². The van der Waals surface area contributed by atoms with Crippen molar-refractivity contribution in [2.24, 2.45) is 0 Å². The van der Waals surface area contributed by atoms with Gasteiger partial charge >= 0.3 is 0 Å². The minimum Gasteiger partial charge on any atom is -0.394 e. The Bertz CT molecular complexity index is 3570. The first-order valence-electron chi connectivity index (χ1n) is 41.9. The Balaban J connectivity index is 0.936. The van der Waals surface area contributed by atoms with E-state index in [4.69, 9.17) is 99.5 Å². The molecule has 758 valence electrons. The Hall–Kier alpha value is -4.12. The number of carbonyl (C=O) groups excluding carboxylic acids is 4. The highest BCUT2D eigenvalue weighted by Crippen LogP contribution is 2.43. The summed E-state index contributed by atoms with van der Waals surface area (Å²) < 4.78 is 126. The predicted molar refractivity (Wildman–Crippen MR) is 401 cm³/mol. The summed E-state index contributed by atoms with van der Waals surface area (Å²) in [5, 5.41) is 334. The third-order valence-electron chi connectivity index (χ3n) is 24.2. The topological polar surface area (TPSA) is 897 Å². The van der Waals surface area contributed by atoms with Crippen LogP contribution < -0.4 is 21.3 Å². The van der Waals surface area contributed by atoms with E-state index in [0.29, 0.717) is 0 Å². The fourth-order valence-corrected chi connectivity index (χ4v) is 17.2. The summed E-state index contributed by atoms with van der Waals surface area (Å²) >= 11 is 0. The third kappa shape index (κ3) is 23.5. The van der Waals surface area contributed by atoms with Crippen molar-refractivity contribution >= 4 is 23.6 Å². The molecule has 11 rings (SSSR count). The largest absolute Gasteiger partial charge is 0.394 e. The number of aliphatic hydroxyl groups is 29. The number of rotatable bonds is 34. The highest BCUT2D eigenvalue weighted by atomic mass is 16.8. The van der Waals surface area contributed by atoms with E-state index in [-0.39, 0.29) is 0 Å². The lowest BCUT2D eigenvalue weighted by atomic mass is 9.93. The molecular formula is C73H122N4O54. The normalized spacial score (nSPS) is 50.0. The minimum atomic E-state index is -2.62. The highest BCUT2D eigenvalue weighted by molar-refractivity contribution is 5.74. The van der Waals surface area contributed by atoms with Gasteiger partial charge < -0.3 is 269 Å². The van der Waals surface area contributed by atoms with Gasteiger partial charge in [0.05, 0.1) is 72.2 Å². The molecule has 4 amide bonds. The second-order valence-corrected chi connectivity index (χ2v) is 33.3. The second-order valence-electron chi connectivity index (χ2n) is 33.3. The number of hydrogen-bond acceptors (Lipinski definition) is 54. The van der Waals surface area contributed by atoms with Crippen LogP contribution in [-0.4, -0.2) is 569 Å². The predicted octanol–water partition coefficient (Wildman–Crippen LogP) is -22.7. The van der Waals surface area contributed by atoms with E-state index < -0.39 is 421 Å². The van der Waals surface area contributed by atoms with Gasteiger partial charge in [0.2, 0.25) is 23.6 Å². The summed E-state index contributed by atoms with van der Waals surface area (Å²) in [6.45, 7) is -6.44. The Kier molecular flexibility index (Phi) is 38.3. The summed E-state index contributed by atoms with van der Waals surface area (Å²) in [6, 6.07) is -7.64. The van der Waals surface area contributed by atoms with Crippen LogP contribution in [-0.2, 0) is 119 Å². The summed E-state index contributed by atoms with van der Waals surface area (Å²) in [6.07, 6.45) is -105. The Morgan fingerprint density at radius 2 is 0.473 bits per heavy atom. The van der Waals surface area contributed by atoms with Crippen LogP contribution >= 0.6 is 0 Å². The molecule has 1 unspecified atom stereocenters. The average molecular weight is 1920 g/mol. The number of nitrogens with one attached hydrogen (secondary N) is 4. The van der Waals surface area contributed by atoms with Crippen LogP contribution in [0.25, 0.3) is 0 Å². The zero-order valence-corrected chi connectivity index (χ0v) is 70.4. The van der Waals surface area contributed by atoms with Gasteiger partial charge in [0.15, 0.2) is 69.2 Å². The molecular weight excluding hydrogens is 1800 g/mol. The van der Waals surface area contributed by atoms with Gasteiger partial charge in [-0.15, -0.1) is 0 Å². The molecule has 11 aliphatic heterocycles. The van der Waals surface area contributed by atoms with Crippen LogP contribution in [0.4, 0.5) is 0 Å². The maximum Gasteiger partial charge on any atom is 0.217 e. The maximum atomic E-state index is 13.5. The van der Waals surface area contributed by atoms with Crippen molar-refractivity contribution in [2.45, 2.75) is 366 Å². The van der Waals surface area contributed by atoms with Gasteiger partial charge in [0.1, 0.15) is 256 Å². The number of carbonyl (C=O) groups is 4. The van der Waals surface area contributed by atoms with Gasteiger partial charge in [-0.2, -0.15) is 0 Å². The molecule has 131 heavy (non-hydrogen) atoms. The molecule has 0 aliphatic carbocycles. The summed E-state index contributed by atoms with van der Waals surface area (Å²) in [5.74, 6) is -3.79. The first-order valence-corrected chi connectivity index (χ1v) is 41.9. The van der Waals surface area contributed by atoms with Crippen LogP contribution in [0.2, 0.25) is 0 Å². The van der Waals surface area contributed by atoms with E-state index in [2.05, 4.69) is 21.3 Å². The lowest BCUT2D eigenvalue weighted by Gasteiger charge is -2.52. The van der Waals surface area contributed by atoms with Crippen molar-refractivity contribution in [2.75, 3.05) is 66.1 Å². The molecule has 11 heterocycles. The van der Waals surface area contributed by atoms with Gasteiger partial charge in [-0.25, -0.2) is 0 Å². The summed E-state index contributed by atoms with van der Waals surface area (Å²) in [7, 11) is 0. The number of aliphatic hydroxyl groups excluding tert-OH is 29. The lowest BCUT2D eigenvalue weighted by molar-refractivity contribution is -0.404. The minimum absolute atomic E-state index is 0.881. The molecule has 0 aromatic rings. The molecule has 54 atom stereocenters. The number of ether oxygens (including phenoxy) is 21. The summed E-state index contributed by atoms with van der Waals surface area (Å²) in [4.78, 5) is 52.2. The zero-order valence-electron chi connectivity index (χ0n) is 70.4. The van der Waals surface area contributed by atoms with Crippen molar-refractivity contribution in [3.8, 4) is 0 Å². The molecule has 0 bridgehead atoms. The molecule has 33 N–H and O–H groups in total. The van der Waals surface area contributed by atoms with E-state index in [1.165, 1.54) is 6.92 Å².